The molecule has 0 aliphatic rings. The molecule has 0 spiro atoms. The molecule has 0 aliphatic heterocycles. The van der Waals surface area contributed by atoms with Gasteiger partial charge in [0.25, 0.3) is 0 Å². The number of nitrogens with zero attached hydrogens (tertiary/aromatic N) is 1. The van der Waals surface area contributed by atoms with Crippen LogP contribution in [0, 0.1) is 0 Å². The third kappa shape index (κ3) is 6.36. The SMILES string of the molecule is CC/C(=C(/c1ccc(OCCCC/C=C/C(C)=O)cc1)c1ccc2[nH]ncc2c1)c1ccccc1. The quantitative estimate of drug-likeness (QED) is 0.141. The van der Waals surface area contributed by atoms with Crippen LogP contribution in [-0.2, 0) is 4.79 Å². The molecule has 4 aromatic rings. The van der Waals surface area contributed by atoms with E-state index in [9.17, 15) is 4.79 Å². The summed E-state index contributed by atoms with van der Waals surface area (Å²) >= 11 is 0. The average molecular weight is 465 g/mol. The number of rotatable bonds is 11. The fourth-order valence-corrected chi connectivity index (χ4v) is 4.30. The van der Waals surface area contributed by atoms with E-state index in [2.05, 4.69) is 89.9 Å². The van der Waals surface area contributed by atoms with E-state index in [1.54, 1.807) is 13.0 Å². The van der Waals surface area contributed by atoms with Crippen molar-refractivity contribution in [2.75, 3.05) is 6.61 Å². The maximum absolute atomic E-state index is 11.0. The minimum absolute atomic E-state index is 0.0953. The van der Waals surface area contributed by atoms with Crippen molar-refractivity contribution in [2.24, 2.45) is 0 Å². The number of carbonyl (C=O) groups is 1. The van der Waals surface area contributed by atoms with E-state index < -0.39 is 0 Å². The second-order valence-corrected chi connectivity index (χ2v) is 8.63. The fourth-order valence-electron chi connectivity index (χ4n) is 4.30. The molecule has 4 heteroatoms. The molecular formula is C31H32N2O2. The fraction of sp³-hybridized carbons (Fsp3) is 0.226. The van der Waals surface area contributed by atoms with Crippen LogP contribution in [0.15, 0.2) is 91.1 Å². The Kier molecular flexibility index (Phi) is 8.29. The molecule has 4 rings (SSSR count). The highest BCUT2D eigenvalue weighted by Gasteiger charge is 2.14. The lowest BCUT2D eigenvalue weighted by Gasteiger charge is -2.17. The topological polar surface area (TPSA) is 55.0 Å². The van der Waals surface area contributed by atoms with E-state index in [0.717, 1.165) is 47.9 Å². The molecule has 1 N–H and O–H groups in total. The van der Waals surface area contributed by atoms with Crippen molar-refractivity contribution in [3.05, 3.63) is 108 Å². The number of aromatic amines is 1. The van der Waals surface area contributed by atoms with Crippen LogP contribution < -0.4 is 4.74 Å². The van der Waals surface area contributed by atoms with Crippen molar-refractivity contribution in [2.45, 2.75) is 39.5 Å². The maximum Gasteiger partial charge on any atom is 0.152 e. The predicted molar refractivity (Wildman–Crippen MR) is 144 cm³/mol. The van der Waals surface area contributed by atoms with Crippen LogP contribution in [0.2, 0.25) is 0 Å². The van der Waals surface area contributed by atoms with Crippen LogP contribution in [0.1, 0.15) is 56.2 Å². The van der Waals surface area contributed by atoms with Crippen LogP contribution in [-0.4, -0.2) is 22.6 Å². The van der Waals surface area contributed by atoms with Gasteiger partial charge in [-0.1, -0.05) is 61.5 Å². The summed E-state index contributed by atoms with van der Waals surface area (Å²) in [6.07, 6.45) is 9.21. The van der Waals surface area contributed by atoms with Crippen molar-refractivity contribution in [3.8, 4) is 5.75 Å². The van der Waals surface area contributed by atoms with Crippen molar-refractivity contribution in [3.63, 3.8) is 0 Å². The number of ketones is 1. The number of H-pyrrole nitrogens is 1. The van der Waals surface area contributed by atoms with Gasteiger partial charge in [0.1, 0.15) is 5.75 Å². The highest BCUT2D eigenvalue weighted by atomic mass is 16.5. The number of allylic oxidation sites excluding steroid dienone is 3. The van der Waals surface area contributed by atoms with E-state index in [0.29, 0.717) is 6.61 Å². The van der Waals surface area contributed by atoms with Gasteiger partial charge in [0.05, 0.1) is 18.3 Å². The number of hydrogen-bond acceptors (Lipinski definition) is 3. The van der Waals surface area contributed by atoms with E-state index in [4.69, 9.17) is 4.74 Å². The Morgan fingerprint density at radius 1 is 0.943 bits per heavy atom. The number of unbranched alkanes of at least 4 members (excludes halogenated alkanes) is 2. The largest absolute Gasteiger partial charge is 0.494 e. The lowest BCUT2D eigenvalue weighted by molar-refractivity contribution is -0.112. The summed E-state index contributed by atoms with van der Waals surface area (Å²) in [6.45, 7) is 4.45. The van der Waals surface area contributed by atoms with Gasteiger partial charge in [-0.05, 0) is 90.8 Å². The number of nitrogens with one attached hydrogen (secondary N) is 1. The van der Waals surface area contributed by atoms with Crippen LogP contribution >= 0.6 is 0 Å². The van der Waals surface area contributed by atoms with Crippen molar-refractivity contribution < 1.29 is 9.53 Å². The molecular weight excluding hydrogens is 432 g/mol. The Balaban J connectivity index is 1.57. The summed E-state index contributed by atoms with van der Waals surface area (Å²) in [7, 11) is 0. The smallest absolute Gasteiger partial charge is 0.152 e. The Bertz CT molecular complexity index is 1320. The Morgan fingerprint density at radius 2 is 1.71 bits per heavy atom. The summed E-state index contributed by atoms with van der Waals surface area (Å²) < 4.78 is 5.97. The third-order valence-electron chi connectivity index (χ3n) is 6.04. The summed E-state index contributed by atoms with van der Waals surface area (Å²) in [5.41, 5.74) is 7.14. The molecule has 35 heavy (non-hydrogen) atoms. The van der Waals surface area contributed by atoms with Crippen LogP contribution in [0.25, 0.3) is 22.0 Å². The summed E-state index contributed by atoms with van der Waals surface area (Å²) in [5, 5.41) is 8.34. The monoisotopic (exact) mass is 464 g/mol. The molecule has 178 valence electrons. The van der Waals surface area contributed by atoms with E-state index in [1.807, 2.05) is 12.3 Å². The molecule has 0 amide bonds. The van der Waals surface area contributed by atoms with Gasteiger partial charge >= 0.3 is 0 Å². The molecule has 0 unspecified atom stereocenters. The Morgan fingerprint density at radius 3 is 2.46 bits per heavy atom. The molecule has 0 saturated carbocycles. The van der Waals surface area contributed by atoms with Gasteiger partial charge in [-0.25, -0.2) is 0 Å². The number of fused-ring (bicyclic) bond motifs is 1. The van der Waals surface area contributed by atoms with Gasteiger partial charge in [-0.3, -0.25) is 9.89 Å². The van der Waals surface area contributed by atoms with Crippen molar-refractivity contribution in [1.82, 2.24) is 10.2 Å². The first kappa shape index (κ1) is 24.2. The minimum atomic E-state index is 0.0953. The number of benzene rings is 3. The molecule has 0 saturated heterocycles. The van der Waals surface area contributed by atoms with Gasteiger partial charge < -0.3 is 4.74 Å². The average Bonchev–Trinajstić information content (AvgIpc) is 3.35. The van der Waals surface area contributed by atoms with E-state index in [-0.39, 0.29) is 5.78 Å². The molecule has 4 nitrogen and oxygen atoms in total. The second kappa shape index (κ2) is 12.0. The van der Waals surface area contributed by atoms with Crippen molar-refractivity contribution >= 4 is 27.8 Å². The molecule has 0 bridgehead atoms. The van der Waals surface area contributed by atoms with Crippen LogP contribution in [0.5, 0.6) is 5.75 Å². The Hall–Kier alpha value is -3.92. The zero-order valence-corrected chi connectivity index (χ0v) is 20.5. The minimum Gasteiger partial charge on any atom is -0.494 e. The standard InChI is InChI=1S/C31H32N2O2/c1-3-29(24-12-8-6-9-13-24)31(26-16-19-30-27(21-26)22-32-33-30)25-14-17-28(18-15-25)35-20-10-5-4-7-11-23(2)34/h6-9,11-19,21-22H,3-5,10,20H2,1-2H3,(H,32,33)/b11-7+,31-29+. The summed E-state index contributed by atoms with van der Waals surface area (Å²) in [4.78, 5) is 11.0. The molecule has 1 aromatic heterocycles. The number of aromatic nitrogens is 2. The third-order valence-corrected chi connectivity index (χ3v) is 6.04. The van der Waals surface area contributed by atoms with Gasteiger partial charge in [-0.2, -0.15) is 5.10 Å². The zero-order valence-electron chi connectivity index (χ0n) is 20.5. The van der Waals surface area contributed by atoms with Crippen molar-refractivity contribution in [1.29, 1.82) is 0 Å². The van der Waals surface area contributed by atoms with Crippen LogP contribution in [0.4, 0.5) is 0 Å². The van der Waals surface area contributed by atoms with Gasteiger partial charge in [0.2, 0.25) is 0 Å². The van der Waals surface area contributed by atoms with Gasteiger partial charge in [0.15, 0.2) is 5.78 Å². The van der Waals surface area contributed by atoms with Crippen LogP contribution in [0.3, 0.4) is 0 Å². The maximum atomic E-state index is 11.0. The summed E-state index contributed by atoms with van der Waals surface area (Å²) in [5.74, 6) is 0.966. The lowest BCUT2D eigenvalue weighted by Crippen LogP contribution is -1.98. The Labute approximate surface area is 207 Å². The molecule has 0 fully saturated rings. The highest BCUT2D eigenvalue weighted by Crippen LogP contribution is 2.36. The zero-order chi connectivity index (χ0) is 24.5. The first-order chi connectivity index (χ1) is 17.2. The van der Waals surface area contributed by atoms with E-state index in [1.165, 1.54) is 22.3 Å². The number of carbonyl (C=O) groups excluding carboxylic acids is 1. The summed E-state index contributed by atoms with van der Waals surface area (Å²) in [6, 6.07) is 25.5. The van der Waals surface area contributed by atoms with Gasteiger partial charge in [-0.15, -0.1) is 0 Å². The first-order valence-corrected chi connectivity index (χ1v) is 12.3. The normalized spacial score (nSPS) is 12.2. The molecule has 1 heterocycles. The molecule has 3 aromatic carbocycles. The highest BCUT2D eigenvalue weighted by molar-refractivity contribution is 6.00. The number of ether oxygens (including phenoxy) is 1. The lowest BCUT2D eigenvalue weighted by atomic mass is 9.88. The second-order valence-electron chi connectivity index (χ2n) is 8.63. The predicted octanol–water partition coefficient (Wildman–Crippen LogP) is 7.63. The first-order valence-electron chi connectivity index (χ1n) is 12.3. The van der Waals surface area contributed by atoms with Gasteiger partial charge in [0, 0.05) is 5.39 Å². The molecule has 0 aliphatic carbocycles. The molecule has 0 radical (unpaired) electrons. The number of hydrogen-bond donors (Lipinski definition) is 1. The van der Waals surface area contributed by atoms with E-state index >= 15 is 0 Å². The molecule has 0 atom stereocenters.